The lowest BCUT2D eigenvalue weighted by atomic mass is 10.2. The first-order valence-electron chi connectivity index (χ1n) is 5.17. The molecule has 1 N–H and O–H groups in total. The molecule has 17 heavy (non-hydrogen) atoms. The van der Waals surface area contributed by atoms with Crippen LogP contribution in [-0.4, -0.2) is 10.2 Å². The summed E-state index contributed by atoms with van der Waals surface area (Å²) < 4.78 is 13.7. The topological polar surface area (TPSA) is 37.8 Å². The van der Waals surface area contributed by atoms with Crippen LogP contribution in [-0.2, 0) is 13.1 Å². The minimum atomic E-state index is -0.246. The van der Waals surface area contributed by atoms with Crippen LogP contribution in [0, 0.1) is 5.82 Å². The van der Waals surface area contributed by atoms with Crippen molar-refractivity contribution in [2.75, 3.05) is 0 Å². The normalized spacial score (nSPS) is 10.5. The van der Waals surface area contributed by atoms with Gasteiger partial charge in [0.1, 0.15) is 5.82 Å². The summed E-state index contributed by atoms with van der Waals surface area (Å²) in [4.78, 5) is 0. The minimum Gasteiger partial charge on any atom is -0.307 e. The fourth-order valence-electron chi connectivity index (χ4n) is 1.44. The highest BCUT2D eigenvalue weighted by atomic mass is 79.9. The zero-order chi connectivity index (χ0) is 12.1. The van der Waals surface area contributed by atoms with E-state index in [1.807, 2.05) is 18.2 Å². The molecule has 0 radical (unpaired) electrons. The summed E-state index contributed by atoms with van der Waals surface area (Å²) in [6.45, 7) is 1.19. The summed E-state index contributed by atoms with van der Waals surface area (Å²) in [5.41, 5.74) is 1.74. The monoisotopic (exact) mass is 295 g/mol. The zero-order valence-corrected chi connectivity index (χ0v) is 10.6. The van der Waals surface area contributed by atoms with E-state index in [0.717, 1.165) is 11.3 Å². The van der Waals surface area contributed by atoms with E-state index in [0.29, 0.717) is 17.6 Å². The maximum Gasteiger partial charge on any atom is 0.137 e. The lowest BCUT2D eigenvalue weighted by Gasteiger charge is -2.06. The van der Waals surface area contributed by atoms with E-state index < -0.39 is 0 Å². The van der Waals surface area contributed by atoms with Crippen molar-refractivity contribution >= 4 is 15.9 Å². The molecule has 2 aromatic rings. The first kappa shape index (κ1) is 12.1. The summed E-state index contributed by atoms with van der Waals surface area (Å²) in [6.07, 6.45) is 1.63. The first-order valence-corrected chi connectivity index (χ1v) is 5.97. The molecule has 2 rings (SSSR count). The van der Waals surface area contributed by atoms with Gasteiger partial charge < -0.3 is 5.32 Å². The van der Waals surface area contributed by atoms with Crippen LogP contribution < -0.4 is 5.32 Å². The molecule has 3 nitrogen and oxygen atoms in total. The number of rotatable bonds is 4. The second-order valence-electron chi connectivity index (χ2n) is 3.53. The van der Waals surface area contributed by atoms with Gasteiger partial charge in [0.05, 0.1) is 10.2 Å². The van der Waals surface area contributed by atoms with Gasteiger partial charge in [-0.05, 0) is 39.7 Å². The maximum atomic E-state index is 13.2. The second-order valence-corrected chi connectivity index (χ2v) is 4.32. The Labute approximate surface area is 107 Å². The highest BCUT2D eigenvalue weighted by Crippen LogP contribution is 2.20. The maximum absolute atomic E-state index is 13.2. The van der Waals surface area contributed by atoms with Crippen molar-refractivity contribution in [3.05, 3.63) is 58.1 Å². The largest absolute Gasteiger partial charge is 0.307 e. The first-order chi connectivity index (χ1) is 8.27. The average molecular weight is 296 g/mol. The number of nitrogens with zero attached hydrogens (tertiary/aromatic N) is 2. The van der Waals surface area contributed by atoms with Crippen molar-refractivity contribution in [1.82, 2.24) is 15.5 Å². The minimum absolute atomic E-state index is 0.246. The van der Waals surface area contributed by atoms with Gasteiger partial charge in [0, 0.05) is 19.3 Å². The Morgan fingerprint density at radius 3 is 2.82 bits per heavy atom. The summed E-state index contributed by atoms with van der Waals surface area (Å²) in [5, 5.41) is 10.9. The lowest BCUT2D eigenvalue weighted by molar-refractivity contribution is 0.610. The van der Waals surface area contributed by atoms with Gasteiger partial charge in [0.2, 0.25) is 0 Å². The van der Waals surface area contributed by atoms with Crippen LogP contribution in [0.25, 0.3) is 0 Å². The van der Waals surface area contributed by atoms with Crippen LogP contribution in [0.15, 0.2) is 41.0 Å². The van der Waals surface area contributed by atoms with Gasteiger partial charge in [-0.15, -0.1) is 0 Å². The fourth-order valence-corrected chi connectivity index (χ4v) is 1.84. The smallest absolute Gasteiger partial charge is 0.137 e. The number of halogens is 2. The number of hydrogen-bond donors (Lipinski definition) is 1. The molecule has 0 saturated heterocycles. The molecule has 0 aliphatic heterocycles. The molecule has 0 bridgehead atoms. The molecular formula is C12H11BrFN3. The number of benzene rings is 1. The van der Waals surface area contributed by atoms with E-state index in [1.54, 1.807) is 12.3 Å². The van der Waals surface area contributed by atoms with Gasteiger partial charge in [-0.2, -0.15) is 10.2 Å². The third-order valence-electron chi connectivity index (χ3n) is 2.28. The van der Waals surface area contributed by atoms with Crippen molar-refractivity contribution in [3.8, 4) is 0 Å². The van der Waals surface area contributed by atoms with Crippen LogP contribution in [0.3, 0.4) is 0 Å². The van der Waals surface area contributed by atoms with E-state index in [2.05, 4.69) is 31.4 Å². The number of nitrogens with one attached hydrogen (secondary N) is 1. The molecule has 1 aromatic carbocycles. The molecule has 1 aromatic heterocycles. The molecule has 88 valence electrons. The quantitative estimate of drug-likeness (QED) is 0.942. The molecule has 0 atom stereocenters. The zero-order valence-electron chi connectivity index (χ0n) is 9.03. The molecule has 0 saturated carbocycles. The van der Waals surface area contributed by atoms with Crippen LogP contribution in [0.1, 0.15) is 11.3 Å². The van der Waals surface area contributed by atoms with Crippen molar-refractivity contribution in [3.63, 3.8) is 0 Å². The van der Waals surface area contributed by atoms with Gasteiger partial charge in [0.15, 0.2) is 0 Å². The van der Waals surface area contributed by atoms with Gasteiger partial charge in [-0.1, -0.05) is 12.1 Å². The molecule has 0 aliphatic rings. The highest BCUT2D eigenvalue weighted by molar-refractivity contribution is 9.10. The highest BCUT2D eigenvalue weighted by Gasteiger charge is 2.04. The predicted molar refractivity (Wildman–Crippen MR) is 66.7 cm³/mol. The van der Waals surface area contributed by atoms with Gasteiger partial charge in [-0.25, -0.2) is 4.39 Å². The molecule has 0 spiro atoms. The average Bonchev–Trinajstić information content (AvgIpc) is 2.36. The van der Waals surface area contributed by atoms with E-state index in [1.165, 1.54) is 6.07 Å². The molecule has 0 unspecified atom stereocenters. The Morgan fingerprint density at radius 2 is 2.06 bits per heavy atom. The van der Waals surface area contributed by atoms with Gasteiger partial charge in [-0.3, -0.25) is 0 Å². The summed E-state index contributed by atoms with van der Waals surface area (Å²) >= 11 is 3.22. The Morgan fingerprint density at radius 1 is 1.18 bits per heavy atom. The van der Waals surface area contributed by atoms with Gasteiger partial charge >= 0.3 is 0 Å². The van der Waals surface area contributed by atoms with Crippen molar-refractivity contribution < 1.29 is 4.39 Å². The molecule has 0 aliphatic carbocycles. The van der Waals surface area contributed by atoms with Crippen molar-refractivity contribution in [2.45, 2.75) is 13.1 Å². The SMILES string of the molecule is Fc1cccc(CNCc2cccnn2)c1Br. The van der Waals surface area contributed by atoms with Crippen LogP contribution in [0.4, 0.5) is 4.39 Å². The van der Waals surface area contributed by atoms with Crippen LogP contribution in [0.5, 0.6) is 0 Å². The summed E-state index contributed by atoms with van der Waals surface area (Å²) in [7, 11) is 0. The second kappa shape index (κ2) is 5.84. The Bertz CT molecular complexity index is 490. The Hall–Kier alpha value is -1.33. The summed E-state index contributed by atoms with van der Waals surface area (Å²) in [5.74, 6) is -0.246. The van der Waals surface area contributed by atoms with Crippen molar-refractivity contribution in [2.24, 2.45) is 0 Å². The molecule has 1 heterocycles. The Balaban J connectivity index is 1.93. The predicted octanol–water partition coefficient (Wildman–Crippen LogP) is 2.67. The molecular weight excluding hydrogens is 285 g/mol. The van der Waals surface area contributed by atoms with E-state index in [4.69, 9.17) is 0 Å². The number of aromatic nitrogens is 2. The standard InChI is InChI=1S/C12H11BrFN3/c13-12-9(3-1-5-11(12)14)7-15-8-10-4-2-6-16-17-10/h1-6,15H,7-8H2. The summed E-state index contributed by atoms with van der Waals surface area (Å²) in [6, 6.07) is 8.72. The van der Waals surface area contributed by atoms with E-state index in [9.17, 15) is 4.39 Å². The fraction of sp³-hybridized carbons (Fsp3) is 0.167. The third-order valence-corrected chi connectivity index (χ3v) is 3.17. The van der Waals surface area contributed by atoms with E-state index in [-0.39, 0.29) is 5.82 Å². The van der Waals surface area contributed by atoms with Crippen molar-refractivity contribution in [1.29, 1.82) is 0 Å². The molecule has 5 heteroatoms. The van der Waals surface area contributed by atoms with Gasteiger partial charge in [0.25, 0.3) is 0 Å². The van der Waals surface area contributed by atoms with E-state index >= 15 is 0 Å². The third kappa shape index (κ3) is 3.31. The van der Waals surface area contributed by atoms with Crippen LogP contribution in [0.2, 0.25) is 0 Å². The molecule has 0 fully saturated rings. The molecule has 0 amide bonds. The Kier molecular flexibility index (Phi) is 4.17. The lowest BCUT2D eigenvalue weighted by Crippen LogP contribution is -2.14. The van der Waals surface area contributed by atoms with Crippen LogP contribution >= 0.6 is 15.9 Å². The number of hydrogen-bond acceptors (Lipinski definition) is 3.